The van der Waals surface area contributed by atoms with E-state index in [0.717, 1.165) is 57.8 Å². The maximum Gasteiger partial charge on any atom is 0.305 e. The molecule has 0 bridgehead atoms. The largest absolute Gasteiger partial charge is 0.466 e. The van der Waals surface area contributed by atoms with E-state index in [4.69, 9.17) is 9.47 Å². The van der Waals surface area contributed by atoms with Gasteiger partial charge in [-0.1, -0.05) is 104 Å². The minimum atomic E-state index is -0.0470. The van der Waals surface area contributed by atoms with Gasteiger partial charge in [-0.05, 0) is 25.7 Å². The van der Waals surface area contributed by atoms with Crippen molar-refractivity contribution in [3.05, 3.63) is 0 Å². The average molecular weight is 427 g/mol. The van der Waals surface area contributed by atoms with Crippen LogP contribution in [0.3, 0.4) is 0 Å². The van der Waals surface area contributed by atoms with E-state index in [1.165, 1.54) is 57.8 Å². The van der Waals surface area contributed by atoms with Crippen LogP contribution >= 0.6 is 0 Å². The highest BCUT2D eigenvalue weighted by Crippen LogP contribution is 2.11. The molecule has 0 saturated carbocycles. The highest BCUT2D eigenvalue weighted by molar-refractivity contribution is 5.69. The fourth-order valence-corrected chi connectivity index (χ4v) is 3.53. The SMILES string of the molecule is CCCCCCCCCOC(=O)CCCCCCCCC(=O)OCCCCCCC. The predicted octanol–water partition coefficient (Wildman–Crippen LogP) is 7.91. The zero-order chi connectivity index (χ0) is 22.1. The summed E-state index contributed by atoms with van der Waals surface area (Å²) in [5.74, 6) is -0.0902. The Kier molecular flexibility index (Phi) is 23.4. The van der Waals surface area contributed by atoms with E-state index in [-0.39, 0.29) is 11.9 Å². The third-order valence-corrected chi connectivity index (χ3v) is 5.53. The highest BCUT2D eigenvalue weighted by Gasteiger charge is 2.04. The van der Waals surface area contributed by atoms with E-state index in [2.05, 4.69) is 13.8 Å². The molecule has 30 heavy (non-hydrogen) atoms. The molecule has 0 radical (unpaired) electrons. The van der Waals surface area contributed by atoms with Gasteiger partial charge in [0, 0.05) is 12.8 Å². The van der Waals surface area contributed by atoms with Gasteiger partial charge in [-0.15, -0.1) is 0 Å². The number of carbonyl (C=O) groups excluding carboxylic acids is 2. The molecule has 0 aromatic heterocycles. The first kappa shape index (κ1) is 28.9. The summed E-state index contributed by atoms with van der Waals surface area (Å²) in [7, 11) is 0. The molecule has 4 heteroatoms. The van der Waals surface area contributed by atoms with Crippen molar-refractivity contribution in [2.75, 3.05) is 13.2 Å². The maximum absolute atomic E-state index is 11.7. The van der Waals surface area contributed by atoms with Crippen molar-refractivity contribution in [2.24, 2.45) is 0 Å². The van der Waals surface area contributed by atoms with Crippen LogP contribution in [0, 0.1) is 0 Å². The van der Waals surface area contributed by atoms with Gasteiger partial charge in [0.2, 0.25) is 0 Å². The Bertz CT molecular complexity index is 381. The number of rotatable bonds is 23. The summed E-state index contributed by atoms with van der Waals surface area (Å²) in [5, 5.41) is 0. The Morgan fingerprint density at radius 2 is 0.733 bits per heavy atom. The fourth-order valence-electron chi connectivity index (χ4n) is 3.53. The first-order valence-electron chi connectivity index (χ1n) is 13.0. The summed E-state index contributed by atoms with van der Waals surface area (Å²) < 4.78 is 10.6. The van der Waals surface area contributed by atoms with Gasteiger partial charge in [0.25, 0.3) is 0 Å². The van der Waals surface area contributed by atoms with Gasteiger partial charge in [-0.2, -0.15) is 0 Å². The average Bonchev–Trinajstić information content (AvgIpc) is 2.74. The lowest BCUT2D eigenvalue weighted by molar-refractivity contribution is -0.144. The number of hydrogen-bond donors (Lipinski definition) is 0. The summed E-state index contributed by atoms with van der Waals surface area (Å²) in [5.41, 5.74) is 0. The van der Waals surface area contributed by atoms with Crippen LogP contribution < -0.4 is 0 Å². The fraction of sp³-hybridized carbons (Fsp3) is 0.923. The number of unbranched alkanes of at least 4 members (excludes halogenated alkanes) is 15. The highest BCUT2D eigenvalue weighted by atomic mass is 16.5. The molecule has 0 aromatic rings. The van der Waals surface area contributed by atoms with Crippen molar-refractivity contribution in [3.63, 3.8) is 0 Å². The number of hydrogen-bond acceptors (Lipinski definition) is 4. The van der Waals surface area contributed by atoms with Crippen molar-refractivity contribution >= 4 is 11.9 Å². The summed E-state index contributed by atoms with van der Waals surface area (Å²) in [6.07, 6.45) is 21.9. The van der Waals surface area contributed by atoms with E-state index in [1.807, 2.05) is 0 Å². The summed E-state index contributed by atoms with van der Waals surface area (Å²) in [6.45, 7) is 5.60. The van der Waals surface area contributed by atoms with Crippen LogP contribution in [0.5, 0.6) is 0 Å². The summed E-state index contributed by atoms with van der Waals surface area (Å²) >= 11 is 0. The van der Waals surface area contributed by atoms with E-state index in [1.54, 1.807) is 0 Å². The molecule has 178 valence electrons. The lowest BCUT2D eigenvalue weighted by atomic mass is 10.1. The molecule has 0 amide bonds. The monoisotopic (exact) mass is 426 g/mol. The molecule has 0 unspecified atom stereocenters. The minimum Gasteiger partial charge on any atom is -0.466 e. The molecule has 0 aliphatic carbocycles. The van der Waals surface area contributed by atoms with Crippen LogP contribution in [-0.4, -0.2) is 25.2 Å². The normalized spacial score (nSPS) is 10.9. The predicted molar refractivity (Wildman–Crippen MR) is 126 cm³/mol. The zero-order valence-corrected chi connectivity index (χ0v) is 20.2. The van der Waals surface area contributed by atoms with E-state index < -0.39 is 0 Å². The number of ether oxygens (including phenoxy) is 2. The van der Waals surface area contributed by atoms with Crippen molar-refractivity contribution in [1.29, 1.82) is 0 Å². The first-order chi connectivity index (χ1) is 14.7. The zero-order valence-electron chi connectivity index (χ0n) is 20.2. The molecule has 0 N–H and O–H groups in total. The number of esters is 2. The minimum absolute atomic E-state index is 0.0431. The molecule has 4 nitrogen and oxygen atoms in total. The Hall–Kier alpha value is -1.06. The lowest BCUT2D eigenvalue weighted by Crippen LogP contribution is -2.06. The molecule has 0 aliphatic heterocycles. The van der Waals surface area contributed by atoms with Gasteiger partial charge in [-0.3, -0.25) is 9.59 Å². The smallest absolute Gasteiger partial charge is 0.305 e. The summed E-state index contributed by atoms with van der Waals surface area (Å²) in [4.78, 5) is 23.4. The van der Waals surface area contributed by atoms with Crippen LogP contribution in [0.1, 0.15) is 142 Å². The van der Waals surface area contributed by atoms with Gasteiger partial charge >= 0.3 is 11.9 Å². The molecule has 0 atom stereocenters. The Morgan fingerprint density at radius 1 is 0.433 bits per heavy atom. The molecule has 0 saturated heterocycles. The van der Waals surface area contributed by atoms with Crippen LogP contribution in [0.25, 0.3) is 0 Å². The maximum atomic E-state index is 11.7. The molecule has 0 aliphatic rings. The second kappa shape index (κ2) is 24.2. The van der Waals surface area contributed by atoms with Crippen molar-refractivity contribution < 1.29 is 19.1 Å². The third-order valence-electron chi connectivity index (χ3n) is 5.53. The third kappa shape index (κ3) is 23.2. The Morgan fingerprint density at radius 3 is 1.10 bits per heavy atom. The van der Waals surface area contributed by atoms with Crippen LogP contribution in [-0.2, 0) is 19.1 Å². The molecular weight excluding hydrogens is 376 g/mol. The lowest BCUT2D eigenvalue weighted by Gasteiger charge is -2.06. The van der Waals surface area contributed by atoms with Crippen LogP contribution in [0.2, 0.25) is 0 Å². The standard InChI is InChI=1S/C26H50O4/c1-3-5-7-9-12-16-20-24-30-26(28)22-18-14-11-10-13-17-21-25(27)29-23-19-15-8-6-4-2/h3-24H2,1-2H3. The van der Waals surface area contributed by atoms with E-state index >= 15 is 0 Å². The molecular formula is C26H50O4. The molecule has 0 rings (SSSR count). The second-order valence-electron chi connectivity index (χ2n) is 8.60. The quantitative estimate of drug-likeness (QED) is 0.123. The van der Waals surface area contributed by atoms with Crippen LogP contribution in [0.15, 0.2) is 0 Å². The topological polar surface area (TPSA) is 52.6 Å². The van der Waals surface area contributed by atoms with Gasteiger partial charge in [0.1, 0.15) is 0 Å². The Balaban J connectivity index is 3.25. The second-order valence-corrected chi connectivity index (χ2v) is 8.60. The molecule has 0 heterocycles. The van der Waals surface area contributed by atoms with Gasteiger partial charge in [0.15, 0.2) is 0 Å². The number of carbonyl (C=O) groups is 2. The van der Waals surface area contributed by atoms with Crippen molar-refractivity contribution in [2.45, 2.75) is 142 Å². The molecule has 0 aromatic carbocycles. The summed E-state index contributed by atoms with van der Waals surface area (Å²) in [6, 6.07) is 0. The van der Waals surface area contributed by atoms with Gasteiger partial charge < -0.3 is 9.47 Å². The van der Waals surface area contributed by atoms with Gasteiger partial charge in [0.05, 0.1) is 13.2 Å². The Labute approximate surface area is 186 Å². The molecule has 0 spiro atoms. The van der Waals surface area contributed by atoms with Gasteiger partial charge in [-0.25, -0.2) is 0 Å². The first-order valence-corrected chi connectivity index (χ1v) is 13.0. The molecule has 0 fully saturated rings. The van der Waals surface area contributed by atoms with E-state index in [0.29, 0.717) is 26.1 Å². The van der Waals surface area contributed by atoms with Crippen LogP contribution in [0.4, 0.5) is 0 Å². The van der Waals surface area contributed by atoms with Crippen molar-refractivity contribution in [1.82, 2.24) is 0 Å². The van der Waals surface area contributed by atoms with E-state index in [9.17, 15) is 9.59 Å². The van der Waals surface area contributed by atoms with Crippen molar-refractivity contribution in [3.8, 4) is 0 Å².